The number of ketones is 1. The van der Waals surface area contributed by atoms with Crippen molar-refractivity contribution in [2.45, 2.75) is 72.8 Å². The quantitative estimate of drug-likeness (QED) is 0.428. The summed E-state index contributed by atoms with van der Waals surface area (Å²) in [7, 11) is 2.20. The lowest BCUT2D eigenvalue weighted by molar-refractivity contribution is -0.900. The molecule has 2 unspecified atom stereocenters. The molecule has 3 rings (SSSR count). The van der Waals surface area contributed by atoms with E-state index in [-0.39, 0.29) is 11.9 Å². The third kappa shape index (κ3) is 7.27. The van der Waals surface area contributed by atoms with E-state index in [9.17, 15) is 9.59 Å². The number of likely N-dealkylation sites (tertiary alicyclic amines) is 1. The van der Waals surface area contributed by atoms with Gasteiger partial charge < -0.3 is 9.80 Å². The van der Waals surface area contributed by atoms with Crippen LogP contribution in [0.4, 0.5) is 5.69 Å². The van der Waals surface area contributed by atoms with Gasteiger partial charge in [0.1, 0.15) is 6.54 Å². The fraction of sp³-hybridized carbons (Fsp3) is 0.548. The van der Waals surface area contributed by atoms with Crippen LogP contribution in [0.1, 0.15) is 60.4 Å². The third-order valence-corrected chi connectivity index (χ3v) is 8.13. The Morgan fingerprint density at radius 2 is 1.58 bits per heavy atom. The molecule has 0 spiro atoms. The van der Waals surface area contributed by atoms with Crippen molar-refractivity contribution < 1.29 is 14.1 Å². The summed E-state index contributed by atoms with van der Waals surface area (Å²) in [5.74, 6) is 0.421. The number of hydrogen-bond donors (Lipinski definition) is 1. The van der Waals surface area contributed by atoms with Crippen LogP contribution >= 0.6 is 0 Å². The largest absolute Gasteiger partial charge is 0.324 e. The van der Waals surface area contributed by atoms with Crippen LogP contribution in [-0.2, 0) is 16.0 Å². The van der Waals surface area contributed by atoms with Gasteiger partial charge in [0, 0.05) is 25.1 Å². The highest BCUT2D eigenvalue weighted by Gasteiger charge is 2.30. The van der Waals surface area contributed by atoms with Gasteiger partial charge in [-0.25, -0.2) is 0 Å². The fourth-order valence-electron chi connectivity index (χ4n) is 5.58. The summed E-state index contributed by atoms with van der Waals surface area (Å²) in [6.07, 6.45) is 4.64. The molecule has 1 amide bonds. The molecule has 1 aliphatic heterocycles. The number of rotatable bonds is 11. The lowest BCUT2D eigenvalue weighted by Crippen LogP contribution is -2.51. The van der Waals surface area contributed by atoms with Crippen LogP contribution in [0.25, 0.3) is 0 Å². The molecule has 1 fully saturated rings. The highest BCUT2D eigenvalue weighted by molar-refractivity contribution is 5.96. The molecule has 5 heteroatoms. The van der Waals surface area contributed by atoms with Crippen LogP contribution in [0.15, 0.2) is 36.4 Å². The molecule has 0 saturated carbocycles. The molecule has 196 valence electrons. The zero-order valence-corrected chi connectivity index (χ0v) is 23.3. The fourth-order valence-corrected chi connectivity index (χ4v) is 5.58. The smallest absolute Gasteiger partial charge is 0.241 e. The van der Waals surface area contributed by atoms with Gasteiger partial charge in [0.05, 0.1) is 26.2 Å². The molecule has 1 aliphatic rings. The van der Waals surface area contributed by atoms with Gasteiger partial charge in [0.25, 0.3) is 0 Å². The summed E-state index contributed by atoms with van der Waals surface area (Å²) >= 11 is 0. The van der Waals surface area contributed by atoms with E-state index in [1.165, 1.54) is 16.7 Å². The molecule has 0 radical (unpaired) electrons. The molecule has 0 bridgehead atoms. The van der Waals surface area contributed by atoms with Crippen LogP contribution in [0.5, 0.6) is 0 Å². The van der Waals surface area contributed by atoms with Gasteiger partial charge >= 0.3 is 0 Å². The zero-order valence-electron chi connectivity index (χ0n) is 23.3. The number of Topliss-reactive ketones (excluding diaryl/α,β-unsaturated/α-hetero) is 1. The molecule has 0 aliphatic carbocycles. The number of carbonyl (C=O) groups is 2. The second kappa shape index (κ2) is 12.6. The number of likely N-dealkylation sites (N-methyl/N-ethyl adjacent to an activating group) is 1. The van der Waals surface area contributed by atoms with Crippen molar-refractivity contribution in [2.75, 3.05) is 45.1 Å². The number of para-hydroxylation sites is 1. The van der Waals surface area contributed by atoms with Gasteiger partial charge in [-0.15, -0.1) is 0 Å². The van der Waals surface area contributed by atoms with Gasteiger partial charge in [-0.2, -0.15) is 0 Å². The third-order valence-electron chi connectivity index (χ3n) is 8.13. The van der Waals surface area contributed by atoms with E-state index >= 15 is 0 Å². The minimum atomic E-state index is -0.0798. The number of nitrogens with zero attached hydrogens (tertiary/aromatic N) is 2. The van der Waals surface area contributed by atoms with E-state index in [1.54, 1.807) is 0 Å². The minimum absolute atomic E-state index is 0.0798. The molecule has 2 atom stereocenters. The van der Waals surface area contributed by atoms with Crippen molar-refractivity contribution in [2.24, 2.45) is 0 Å². The van der Waals surface area contributed by atoms with Crippen LogP contribution in [0.3, 0.4) is 0 Å². The van der Waals surface area contributed by atoms with Crippen molar-refractivity contribution in [3.8, 4) is 0 Å². The predicted octanol–water partition coefficient (Wildman–Crippen LogP) is 5.38. The second-order valence-corrected chi connectivity index (χ2v) is 11.1. The Bertz CT molecular complexity index is 1020. The summed E-state index contributed by atoms with van der Waals surface area (Å²) in [4.78, 5) is 28.7. The normalized spacial score (nSPS) is 18.0. The Kier molecular flexibility index (Phi) is 9.86. The highest BCUT2D eigenvalue weighted by Crippen LogP contribution is 2.23. The van der Waals surface area contributed by atoms with Gasteiger partial charge in [0.2, 0.25) is 5.91 Å². The molecule has 2 aromatic carbocycles. The average molecular weight is 493 g/mol. The number of amides is 1. The van der Waals surface area contributed by atoms with Crippen molar-refractivity contribution in [1.29, 1.82) is 0 Å². The molecule has 2 aromatic rings. The summed E-state index contributed by atoms with van der Waals surface area (Å²) in [6.45, 7) is 14.7. The van der Waals surface area contributed by atoms with Crippen LogP contribution in [0, 0.1) is 27.7 Å². The Morgan fingerprint density at radius 1 is 0.972 bits per heavy atom. The summed E-state index contributed by atoms with van der Waals surface area (Å²) < 4.78 is 0.747. The van der Waals surface area contributed by atoms with Crippen molar-refractivity contribution in [3.05, 3.63) is 64.2 Å². The Hall–Kier alpha value is -2.50. The Balaban J connectivity index is 1.57. The Labute approximate surface area is 218 Å². The SMILES string of the molecule is CC[N+](C)(CCCN1CCCCC1C(=O)Nc1c(C)cccc1C)CC(=O)Cc1c(C)cccc1C. The summed E-state index contributed by atoms with van der Waals surface area (Å²) in [6, 6.07) is 12.3. The Morgan fingerprint density at radius 3 is 2.19 bits per heavy atom. The van der Waals surface area contributed by atoms with E-state index in [1.807, 2.05) is 32.0 Å². The van der Waals surface area contributed by atoms with Crippen molar-refractivity contribution in [3.63, 3.8) is 0 Å². The highest BCUT2D eigenvalue weighted by atomic mass is 16.2. The number of carbonyl (C=O) groups excluding carboxylic acids is 2. The van der Waals surface area contributed by atoms with E-state index in [0.717, 1.165) is 73.2 Å². The first kappa shape index (κ1) is 28.1. The molecule has 1 heterocycles. The zero-order chi connectivity index (χ0) is 26.3. The molecule has 1 N–H and O–H groups in total. The van der Waals surface area contributed by atoms with Gasteiger partial charge in [0.15, 0.2) is 5.78 Å². The van der Waals surface area contributed by atoms with E-state index < -0.39 is 0 Å². The molecule has 5 nitrogen and oxygen atoms in total. The van der Waals surface area contributed by atoms with Crippen molar-refractivity contribution >= 4 is 17.4 Å². The maximum Gasteiger partial charge on any atom is 0.241 e. The molecular weight excluding hydrogens is 446 g/mol. The number of aryl methyl sites for hydroxylation is 4. The summed E-state index contributed by atoms with van der Waals surface area (Å²) in [5, 5.41) is 3.23. The van der Waals surface area contributed by atoms with Crippen LogP contribution in [0.2, 0.25) is 0 Å². The maximum atomic E-state index is 13.3. The van der Waals surface area contributed by atoms with Crippen molar-refractivity contribution in [1.82, 2.24) is 4.90 Å². The topological polar surface area (TPSA) is 49.4 Å². The van der Waals surface area contributed by atoms with E-state index in [0.29, 0.717) is 18.7 Å². The van der Waals surface area contributed by atoms with Gasteiger partial charge in [-0.05, 0) is 81.8 Å². The number of anilines is 1. The first-order valence-electron chi connectivity index (χ1n) is 13.6. The first-order valence-corrected chi connectivity index (χ1v) is 13.6. The molecule has 1 saturated heterocycles. The number of benzene rings is 2. The number of piperidine rings is 1. The number of quaternary nitrogens is 1. The number of hydrogen-bond acceptors (Lipinski definition) is 3. The van der Waals surface area contributed by atoms with Gasteiger partial charge in [-0.1, -0.05) is 42.8 Å². The predicted molar refractivity (Wildman–Crippen MR) is 149 cm³/mol. The monoisotopic (exact) mass is 492 g/mol. The standard InChI is InChI=1S/C31H45N3O2/c1-7-34(6,22-27(35)21-28-23(2)13-10-14-24(28)3)20-12-19-33-18-9-8-17-29(33)31(36)32-30-25(4)15-11-16-26(30)5/h10-11,13-16,29H,7-9,12,17-22H2,1-6H3/p+1. The minimum Gasteiger partial charge on any atom is -0.324 e. The first-order chi connectivity index (χ1) is 17.1. The molecule has 0 aromatic heterocycles. The van der Waals surface area contributed by atoms with Crippen LogP contribution < -0.4 is 5.32 Å². The average Bonchev–Trinajstić information content (AvgIpc) is 2.84. The number of nitrogens with one attached hydrogen (secondary N) is 1. The van der Waals surface area contributed by atoms with Crippen LogP contribution in [-0.4, -0.2) is 66.9 Å². The van der Waals surface area contributed by atoms with E-state index in [4.69, 9.17) is 0 Å². The lowest BCUT2D eigenvalue weighted by Gasteiger charge is -2.37. The lowest BCUT2D eigenvalue weighted by atomic mass is 9.97. The van der Waals surface area contributed by atoms with Gasteiger partial charge in [-0.3, -0.25) is 14.5 Å². The molecule has 36 heavy (non-hydrogen) atoms. The second-order valence-electron chi connectivity index (χ2n) is 11.1. The summed E-state index contributed by atoms with van der Waals surface area (Å²) in [5.41, 5.74) is 6.73. The molecular formula is C31H46N3O2+. The van der Waals surface area contributed by atoms with E-state index in [2.05, 4.69) is 56.2 Å². The maximum absolute atomic E-state index is 13.3.